The molecule has 1 heterocycles. The van der Waals surface area contributed by atoms with Gasteiger partial charge < -0.3 is 24.1 Å². The van der Waals surface area contributed by atoms with Gasteiger partial charge >= 0.3 is 29.8 Å². The number of aliphatic carboxylic acids is 1. The maximum Gasteiger partial charge on any atom is 0.376 e. The van der Waals surface area contributed by atoms with Crippen molar-refractivity contribution in [2.24, 2.45) is 5.41 Å². The number of carboxylic acid groups (broad SMARTS) is 1. The molecule has 0 radical (unpaired) electrons. The van der Waals surface area contributed by atoms with E-state index in [-0.39, 0.29) is 35.4 Å². The zero-order valence-corrected chi connectivity index (χ0v) is 19.6. The van der Waals surface area contributed by atoms with Crippen LogP contribution in [0.15, 0.2) is 10.7 Å². The Hall–Kier alpha value is -2.21. The molecular weight excluding hydrogens is 452 g/mol. The molecule has 1 N–H and O–H groups in total. The summed E-state index contributed by atoms with van der Waals surface area (Å²) in [6, 6.07) is 0. The minimum atomic E-state index is -2.24. The van der Waals surface area contributed by atoms with Gasteiger partial charge in [0.2, 0.25) is 5.76 Å². The van der Waals surface area contributed by atoms with Gasteiger partial charge in [0, 0.05) is 0 Å². The van der Waals surface area contributed by atoms with Crippen LogP contribution in [0.1, 0.15) is 34.6 Å². The summed E-state index contributed by atoms with van der Waals surface area (Å²) in [5, 5.41) is 9.89. The van der Waals surface area contributed by atoms with E-state index in [9.17, 15) is 29.1 Å². The lowest BCUT2D eigenvalue weighted by atomic mass is 9.97. The summed E-state index contributed by atoms with van der Waals surface area (Å²) in [6.07, 6.45) is 0. The van der Waals surface area contributed by atoms with E-state index < -0.39 is 46.6 Å². The molecule has 0 saturated carbocycles. The van der Waals surface area contributed by atoms with E-state index in [2.05, 4.69) is 0 Å². The van der Waals surface area contributed by atoms with Gasteiger partial charge in [-0.1, -0.05) is 0 Å². The highest BCUT2D eigenvalue weighted by molar-refractivity contribution is 8.04. The fraction of sp³-hybridized carbons (Fsp3) is 0.632. The summed E-state index contributed by atoms with van der Waals surface area (Å²) < 4.78 is 20.0. The number of hydrogen-bond acceptors (Lipinski definition) is 11. The maximum atomic E-state index is 12.5. The summed E-state index contributed by atoms with van der Waals surface area (Å²) in [7, 11) is 0. The Morgan fingerprint density at radius 3 is 2.06 bits per heavy atom. The van der Waals surface area contributed by atoms with E-state index in [1.165, 1.54) is 0 Å². The third kappa shape index (κ3) is 7.17. The smallest absolute Gasteiger partial charge is 0.376 e. The second-order valence-corrected chi connectivity index (χ2v) is 9.18. The first-order valence-electron chi connectivity index (χ1n) is 9.34. The molecule has 1 unspecified atom stereocenters. The monoisotopic (exact) mass is 478 g/mol. The van der Waals surface area contributed by atoms with E-state index in [0.717, 1.165) is 11.8 Å². The third-order valence-corrected chi connectivity index (χ3v) is 5.88. The summed E-state index contributed by atoms with van der Waals surface area (Å²) in [5.41, 5.74) is -3.23. The van der Waals surface area contributed by atoms with Crippen molar-refractivity contribution >= 4 is 53.4 Å². The molecular formula is C19H26O10S2. The van der Waals surface area contributed by atoms with E-state index in [1.54, 1.807) is 34.6 Å². The zero-order valence-electron chi connectivity index (χ0n) is 18.0. The number of esters is 4. The van der Waals surface area contributed by atoms with Gasteiger partial charge in [0.05, 0.1) is 40.8 Å². The van der Waals surface area contributed by atoms with Gasteiger partial charge in [0.1, 0.15) is 0 Å². The standard InChI is InChI=1S/C19H26O10S2/c1-6-26-11(20)8-30-10-19(16(23)24)14(31-9-12(21)27-7-2)13(15(22)29-19)28-17(25)18(3,4)5/h6-10H2,1-5H3,(H,23,24). The first kappa shape index (κ1) is 26.8. The number of thioether (sulfide) groups is 2. The molecule has 0 bridgehead atoms. The molecule has 0 aromatic rings. The fourth-order valence-corrected chi connectivity index (χ4v) is 4.25. The van der Waals surface area contributed by atoms with Crippen LogP contribution < -0.4 is 0 Å². The first-order valence-corrected chi connectivity index (χ1v) is 11.5. The number of rotatable bonds is 11. The molecule has 0 aromatic carbocycles. The van der Waals surface area contributed by atoms with Gasteiger partial charge in [-0.05, 0) is 34.6 Å². The Balaban J connectivity index is 3.29. The van der Waals surface area contributed by atoms with Crippen molar-refractivity contribution in [2.75, 3.05) is 30.5 Å². The van der Waals surface area contributed by atoms with Gasteiger partial charge in [-0.3, -0.25) is 14.4 Å². The second kappa shape index (κ2) is 11.4. The molecule has 0 spiro atoms. The lowest BCUT2D eigenvalue weighted by molar-refractivity contribution is -0.167. The van der Waals surface area contributed by atoms with E-state index in [4.69, 9.17) is 18.9 Å². The highest BCUT2D eigenvalue weighted by atomic mass is 32.2. The number of carbonyl (C=O) groups excluding carboxylic acids is 4. The van der Waals surface area contributed by atoms with Gasteiger partial charge in [-0.25, -0.2) is 9.59 Å². The Labute approximate surface area is 188 Å². The molecule has 1 atom stereocenters. The summed E-state index contributed by atoms with van der Waals surface area (Å²) >= 11 is 1.54. The quantitative estimate of drug-likeness (QED) is 0.341. The van der Waals surface area contributed by atoms with Crippen molar-refractivity contribution in [2.45, 2.75) is 40.2 Å². The van der Waals surface area contributed by atoms with Crippen LogP contribution in [0, 0.1) is 5.41 Å². The van der Waals surface area contributed by atoms with E-state index in [0.29, 0.717) is 11.8 Å². The molecule has 0 amide bonds. The predicted molar refractivity (Wildman–Crippen MR) is 112 cm³/mol. The minimum Gasteiger partial charge on any atom is -0.478 e. The molecule has 10 nitrogen and oxygen atoms in total. The first-order chi connectivity index (χ1) is 14.4. The Bertz CT molecular complexity index is 768. The van der Waals surface area contributed by atoms with E-state index in [1.807, 2.05) is 0 Å². The Morgan fingerprint density at radius 1 is 1.03 bits per heavy atom. The molecule has 12 heteroatoms. The Morgan fingerprint density at radius 2 is 1.58 bits per heavy atom. The molecule has 174 valence electrons. The van der Waals surface area contributed by atoms with Crippen LogP contribution in [0.25, 0.3) is 0 Å². The number of carbonyl (C=O) groups is 5. The minimum absolute atomic E-state index is 0.110. The summed E-state index contributed by atoms with van der Waals surface area (Å²) in [5.74, 6) is -6.17. The molecule has 0 fully saturated rings. The molecule has 31 heavy (non-hydrogen) atoms. The number of ether oxygens (including phenoxy) is 4. The van der Waals surface area contributed by atoms with Crippen LogP contribution in [0.5, 0.6) is 0 Å². The fourth-order valence-electron chi connectivity index (χ4n) is 2.15. The molecule has 1 aliphatic heterocycles. The van der Waals surface area contributed by atoms with E-state index >= 15 is 0 Å². The van der Waals surface area contributed by atoms with Crippen LogP contribution in [0.3, 0.4) is 0 Å². The largest absolute Gasteiger partial charge is 0.478 e. The third-order valence-electron chi connectivity index (χ3n) is 3.65. The number of cyclic esters (lactones) is 1. The van der Waals surface area contributed by atoms with Crippen molar-refractivity contribution < 1.29 is 48.0 Å². The van der Waals surface area contributed by atoms with Crippen molar-refractivity contribution in [3.63, 3.8) is 0 Å². The van der Waals surface area contributed by atoms with Crippen molar-refractivity contribution in [3.05, 3.63) is 10.7 Å². The molecule has 0 aliphatic carbocycles. The molecule has 0 saturated heterocycles. The SMILES string of the molecule is CCOC(=O)CSCC1(C(=O)O)OC(=O)C(OC(=O)C(C)(C)C)=C1SCC(=O)OCC. The molecule has 0 aromatic heterocycles. The van der Waals surface area contributed by atoms with Crippen molar-refractivity contribution in [3.8, 4) is 0 Å². The Kier molecular flexibility index (Phi) is 9.88. The van der Waals surface area contributed by atoms with Gasteiger partial charge in [-0.2, -0.15) is 0 Å². The van der Waals surface area contributed by atoms with Gasteiger partial charge in [0.15, 0.2) is 0 Å². The molecule has 1 aliphatic rings. The zero-order chi connectivity index (χ0) is 23.8. The van der Waals surface area contributed by atoms with Crippen LogP contribution in [-0.4, -0.2) is 71.0 Å². The lowest BCUT2D eigenvalue weighted by Gasteiger charge is -2.25. The predicted octanol–water partition coefficient (Wildman–Crippen LogP) is 1.76. The summed E-state index contributed by atoms with van der Waals surface area (Å²) in [6.45, 7) is 8.17. The topological polar surface area (TPSA) is 142 Å². The van der Waals surface area contributed by atoms with Crippen LogP contribution in [-0.2, 0) is 42.9 Å². The second-order valence-electron chi connectivity index (χ2n) is 7.21. The van der Waals surface area contributed by atoms with Crippen LogP contribution in [0.4, 0.5) is 0 Å². The number of hydrogen-bond donors (Lipinski definition) is 1. The average Bonchev–Trinajstić information content (AvgIpc) is 2.92. The van der Waals surface area contributed by atoms with Crippen LogP contribution in [0.2, 0.25) is 0 Å². The van der Waals surface area contributed by atoms with Crippen molar-refractivity contribution in [1.29, 1.82) is 0 Å². The maximum absolute atomic E-state index is 12.5. The highest BCUT2D eigenvalue weighted by Gasteiger charge is 2.56. The number of carboxylic acids is 1. The van der Waals surface area contributed by atoms with Gasteiger partial charge in [0.25, 0.3) is 5.60 Å². The van der Waals surface area contributed by atoms with Crippen molar-refractivity contribution in [1.82, 2.24) is 0 Å². The van der Waals surface area contributed by atoms with Crippen LogP contribution >= 0.6 is 23.5 Å². The average molecular weight is 479 g/mol. The summed E-state index contributed by atoms with van der Waals surface area (Å²) in [4.78, 5) is 60.2. The normalized spacial score (nSPS) is 18.4. The lowest BCUT2D eigenvalue weighted by Crippen LogP contribution is -2.43. The van der Waals surface area contributed by atoms with Gasteiger partial charge in [-0.15, -0.1) is 23.5 Å². The highest BCUT2D eigenvalue weighted by Crippen LogP contribution is 2.43. The molecule has 1 rings (SSSR count).